The number of carboxylic acids is 1. The Bertz CT molecular complexity index is 1350. The molecule has 3 heterocycles. The fourth-order valence-corrected chi connectivity index (χ4v) is 5.25. The van der Waals surface area contributed by atoms with Crippen molar-refractivity contribution in [1.29, 1.82) is 0 Å². The number of carbonyl (C=O) groups is 2. The molecule has 0 aliphatic heterocycles. The van der Waals surface area contributed by atoms with Crippen molar-refractivity contribution in [2.75, 3.05) is 0 Å². The Kier molecular flexibility index (Phi) is 6.14. The van der Waals surface area contributed by atoms with Gasteiger partial charge in [-0.1, -0.05) is 12.1 Å². The summed E-state index contributed by atoms with van der Waals surface area (Å²) >= 11 is 1.56. The number of aryl methyl sites for hydroxylation is 1. The van der Waals surface area contributed by atoms with Gasteiger partial charge in [-0.05, 0) is 67.6 Å². The van der Waals surface area contributed by atoms with Crippen molar-refractivity contribution in [2.24, 2.45) is 4.99 Å². The molecule has 5 rings (SSSR count). The van der Waals surface area contributed by atoms with E-state index in [1.165, 1.54) is 17.0 Å². The molecule has 0 saturated heterocycles. The summed E-state index contributed by atoms with van der Waals surface area (Å²) in [6.45, 7) is 0.321. The predicted molar refractivity (Wildman–Crippen MR) is 129 cm³/mol. The molecule has 8 heteroatoms. The number of aliphatic imine (C=N–C) groups is 1. The summed E-state index contributed by atoms with van der Waals surface area (Å²) in [6, 6.07) is 13.7. The maximum absolute atomic E-state index is 13.1. The Balaban J connectivity index is 1.37. The third kappa shape index (κ3) is 4.58. The Hall–Kier alpha value is -3.91. The third-order valence-electron chi connectivity index (χ3n) is 5.74. The molecule has 0 spiro atoms. The van der Waals surface area contributed by atoms with Gasteiger partial charge in [0.25, 0.3) is 5.91 Å². The fourth-order valence-electron chi connectivity index (χ4n) is 4.02. The van der Waals surface area contributed by atoms with Gasteiger partial charge in [-0.2, -0.15) is 0 Å². The number of nitrogens with zero attached hydrogens (tertiary/aromatic N) is 1. The number of hydrogen-bond acceptors (Lipinski definition) is 6. The van der Waals surface area contributed by atoms with Crippen LogP contribution in [0.1, 0.15) is 55.5 Å². The molecule has 0 saturated carbocycles. The molecule has 1 aliphatic carbocycles. The molecule has 0 fully saturated rings. The van der Waals surface area contributed by atoms with Crippen LogP contribution < -0.4 is 5.32 Å². The van der Waals surface area contributed by atoms with Crippen molar-refractivity contribution in [3.05, 3.63) is 87.9 Å². The summed E-state index contributed by atoms with van der Waals surface area (Å²) in [5.74, 6) is 0.732. The Morgan fingerprint density at radius 2 is 1.91 bits per heavy atom. The minimum absolute atomic E-state index is 0.151. The molecule has 172 valence electrons. The normalized spacial score (nSPS) is 13.2. The van der Waals surface area contributed by atoms with E-state index < -0.39 is 5.97 Å². The van der Waals surface area contributed by atoms with E-state index in [4.69, 9.17) is 13.9 Å². The number of fused-ring (bicyclic) bond motifs is 1. The summed E-state index contributed by atoms with van der Waals surface area (Å²) in [5, 5.41) is 12.7. The molecular weight excluding hydrogens is 452 g/mol. The number of rotatable bonds is 7. The summed E-state index contributed by atoms with van der Waals surface area (Å²) in [4.78, 5) is 30.0. The predicted octanol–water partition coefficient (Wildman–Crippen LogP) is 5.86. The van der Waals surface area contributed by atoms with E-state index in [1.807, 2.05) is 12.1 Å². The van der Waals surface area contributed by atoms with Gasteiger partial charge in [-0.15, -0.1) is 11.3 Å². The number of carboxylic acid groups (broad SMARTS) is 1. The van der Waals surface area contributed by atoms with Crippen molar-refractivity contribution in [3.8, 4) is 11.3 Å². The van der Waals surface area contributed by atoms with Gasteiger partial charge in [0, 0.05) is 10.4 Å². The summed E-state index contributed by atoms with van der Waals surface area (Å²) in [6.07, 6.45) is 7.23. The molecule has 1 aliphatic rings. The molecule has 3 aromatic heterocycles. The van der Waals surface area contributed by atoms with Crippen molar-refractivity contribution in [1.82, 2.24) is 5.32 Å². The molecule has 1 amide bonds. The highest BCUT2D eigenvalue weighted by atomic mass is 32.1. The molecule has 7 nitrogen and oxygen atoms in total. The third-order valence-corrected chi connectivity index (χ3v) is 6.94. The first-order chi connectivity index (χ1) is 16.6. The molecule has 0 bridgehead atoms. The SMILES string of the molecule is O=C(O)c1ccc(-c2ccc(/C=N/c3sc4c(c3C(=O)NCc3ccco3)CCCC4)o2)cc1. The zero-order chi connectivity index (χ0) is 23.5. The first-order valence-corrected chi connectivity index (χ1v) is 11.8. The van der Waals surface area contributed by atoms with E-state index >= 15 is 0 Å². The number of hydrogen-bond donors (Lipinski definition) is 2. The second kappa shape index (κ2) is 9.52. The van der Waals surface area contributed by atoms with E-state index in [-0.39, 0.29) is 11.5 Å². The van der Waals surface area contributed by atoms with Crippen LogP contribution in [0.25, 0.3) is 11.3 Å². The average Bonchev–Trinajstić information content (AvgIpc) is 3.61. The van der Waals surface area contributed by atoms with Crippen LogP contribution in [0, 0.1) is 0 Å². The van der Waals surface area contributed by atoms with Gasteiger partial charge in [-0.25, -0.2) is 9.79 Å². The topological polar surface area (TPSA) is 105 Å². The number of aromatic carboxylic acids is 1. The second-order valence-corrected chi connectivity index (χ2v) is 9.08. The summed E-state index contributed by atoms with van der Waals surface area (Å²) < 4.78 is 11.2. The van der Waals surface area contributed by atoms with Crippen LogP contribution in [0.5, 0.6) is 0 Å². The van der Waals surface area contributed by atoms with Gasteiger partial charge in [-0.3, -0.25) is 4.79 Å². The number of nitrogens with one attached hydrogen (secondary N) is 1. The van der Waals surface area contributed by atoms with Gasteiger partial charge in [0.15, 0.2) is 0 Å². The maximum atomic E-state index is 13.1. The van der Waals surface area contributed by atoms with Gasteiger partial charge in [0.2, 0.25) is 0 Å². The van der Waals surface area contributed by atoms with E-state index in [1.54, 1.807) is 48.1 Å². The molecule has 0 unspecified atom stereocenters. The highest BCUT2D eigenvalue weighted by molar-refractivity contribution is 7.16. The minimum atomic E-state index is -0.971. The van der Waals surface area contributed by atoms with Crippen LogP contribution in [0.3, 0.4) is 0 Å². The lowest BCUT2D eigenvalue weighted by atomic mass is 9.95. The van der Waals surface area contributed by atoms with Crippen molar-refractivity contribution >= 4 is 34.4 Å². The van der Waals surface area contributed by atoms with Gasteiger partial charge in [0.1, 0.15) is 22.3 Å². The number of amides is 1. The lowest BCUT2D eigenvalue weighted by Gasteiger charge is -2.12. The summed E-state index contributed by atoms with van der Waals surface area (Å²) in [5.41, 5.74) is 2.73. The lowest BCUT2D eigenvalue weighted by Crippen LogP contribution is -2.23. The highest BCUT2D eigenvalue weighted by Gasteiger charge is 2.25. The van der Waals surface area contributed by atoms with Crippen LogP contribution in [0.2, 0.25) is 0 Å². The smallest absolute Gasteiger partial charge is 0.335 e. The number of benzene rings is 1. The van der Waals surface area contributed by atoms with Crippen LogP contribution in [0.15, 0.2) is 68.6 Å². The molecule has 0 atom stereocenters. The van der Waals surface area contributed by atoms with Crippen molar-refractivity contribution < 1.29 is 23.5 Å². The quantitative estimate of drug-likeness (QED) is 0.327. The zero-order valence-corrected chi connectivity index (χ0v) is 19.1. The van der Waals surface area contributed by atoms with E-state index in [0.717, 1.165) is 36.8 Å². The van der Waals surface area contributed by atoms with Crippen LogP contribution in [-0.4, -0.2) is 23.2 Å². The number of thiophene rings is 1. The van der Waals surface area contributed by atoms with Gasteiger partial charge >= 0.3 is 5.97 Å². The van der Waals surface area contributed by atoms with Gasteiger partial charge in [0.05, 0.1) is 30.1 Å². The monoisotopic (exact) mass is 474 g/mol. The average molecular weight is 475 g/mol. The van der Waals surface area contributed by atoms with Crippen molar-refractivity contribution in [2.45, 2.75) is 32.2 Å². The highest BCUT2D eigenvalue weighted by Crippen LogP contribution is 2.40. The zero-order valence-electron chi connectivity index (χ0n) is 18.2. The first kappa shape index (κ1) is 21.9. The second-order valence-electron chi connectivity index (χ2n) is 8.00. The molecule has 2 N–H and O–H groups in total. The largest absolute Gasteiger partial charge is 0.478 e. The van der Waals surface area contributed by atoms with E-state index in [9.17, 15) is 9.59 Å². The fraction of sp³-hybridized carbons (Fsp3) is 0.192. The maximum Gasteiger partial charge on any atom is 0.335 e. The molecular formula is C26H22N2O5S. The van der Waals surface area contributed by atoms with E-state index in [2.05, 4.69) is 10.3 Å². The summed E-state index contributed by atoms with van der Waals surface area (Å²) in [7, 11) is 0. The number of carbonyl (C=O) groups excluding carboxylic acids is 1. The molecule has 4 aromatic rings. The lowest BCUT2D eigenvalue weighted by molar-refractivity contribution is 0.0696. The van der Waals surface area contributed by atoms with Crippen molar-refractivity contribution in [3.63, 3.8) is 0 Å². The Morgan fingerprint density at radius 3 is 2.68 bits per heavy atom. The van der Waals surface area contributed by atoms with E-state index in [0.29, 0.717) is 34.4 Å². The molecule has 34 heavy (non-hydrogen) atoms. The molecule has 0 radical (unpaired) electrons. The van der Waals surface area contributed by atoms with Crippen LogP contribution in [-0.2, 0) is 19.4 Å². The van der Waals surface area contributed by atoms with Gasteiger partial charge < -0.3 is 19.3 Å². The Morgan fingerprint density at radius 1 is 1.09 bits per heavy atom. The minimum Gasteiger partial charge on any atom is -0.478 e. The standard InChI is InChI=1S/C26H22N2O5S/c29-24(27-14-18-4-3-13-32-18)23-20-5-1-2-6-22(20)34-25(23)28-15-19-11-12-21(33-19)16-7-9-17(10-8-16)26(30)31/h3-4,7-13,15H,1-2,5-6,14H2,(H,27,29)(H,30,31)/b28-15+. The Labute approximate surface area is 199 Å². The first-order valence-electron chi connectivity index (χ1n) is 11.0. The van der Waals surface area contributed by atoms with Crippen LogP contribution in [0.4, 0.5) is 5.00 Å². The van der Waals surface area contributed by atoms with Crippen LogP contribution >= 0.6 is 11.3 Å². The molecule has 1 aromatic carbocycles. The number of furan rings is 2.